The Morgan fingerprint density at radius 2 is 1.83 bits per heavy atom. The SMILES string of the molecule is CC(CNS(=O)(=O)c1ccc(CN)cc1)N(C)C. The smallest absolute Gasteiger partial charge is 0.240 e. The van der Waals surface area contributed by atoms with Crippen LogP contribution in [0.3, 0.4) is 0 Å². The van der Waals surface area contributed by atoms with Crippen LogP contribution in [-0.2, 0) is 16.6 Å². The van der Waals surface area contributed by atoms with Crippen LogP contribution in [0.1, 0.15) is 12.5 Å². The van der Waals surface area contributed by atoms with Crippen LogP contribution < -0.4 is 10.5 Å². The summed E-state index contributed by atoms with van der Waals surface area (Å²) in [4.78, 5) is 2.23. The quantitative estimate of drug-likeness (QED) is 0.784. The molecule has 1 atom stereocenters. The maximum atomic E-state index is 12.0. The van der Waals surface area contributed by atoms with Gasteiger partial charge in [-0.3, -0.25) is 0 Å². The van der Waals surface area contributed by atoms with E-state index in [1.54, 1.807) is 24.3 Å². The van der Waals surface area contributed by atoms with E-state index in [1.165, 1.54) is 0 Å². The van der Waals surface area contributed by atoms with Crippen molar-refractivity contribution in [3.05, 3.63) is 29.8 Å². The number of nitrogens with two attached hydrogens (primary N) is 1. The molecule has 3 N–H and O–H groups in total. The summed E-state index contributed by atoms with van der Waals surface area (Å²) in [5.74, 6) is 0. The predicted octanol–water partition coefficient (Wildman–Crippen LogP) is 0.374. The maximum absolute atomic E-state index is 12.0. The molecule has 1 aromatic carbocycles. The lowest BCUT2D eigenvalue weighted by Gasteiger charge is -2.20. The molecule has 0 radical (unpaired) electrons. The van der Waals surface area contributed by atoms with Crippen LogP contribution >= 0.6 is 0 Å². The zero-order valence-corrected chi connectivity index (χ0v) is 11.9. The normalized spacial score (nSPS) is 13.8. The fourth-order valence-electron chi connectivity index (χ4n) is 1.30. The van der Waals surface area contributed by atoms with E-state index in [0.29, 0.717) is 13.1 Å². The van der Waals surface area contributed by atoms with Gasteiger partial charge < -0.3 is 10.6 Å². The highest BCUT2D eigenvalue weighted by molar-refractivity contribution is 7.89. The Hall–Kier alpha value is -0.950. The third-order valence-corrected chi connectivity index (χ3v) is 4.36. The molecule has 0 heterocycles. The third kappa shape index (κ3) is 4.06. The lowest BCUT2D eigenvalue weighted by atomic mass is 10.2. The number of nitrogens with one attached hydrogen (secondary N) is 1. The maximum Gasteiger partial charge on any atom is 0.240 e. The zero-order valence-electron chi connectivity index (χ0n) is 11.1. The largest absolute Gasteiger partial charge is 0.326 e. The van der Waals surface area contributed by atoms with Gasteiger partial charge in [0.1, 0.15) is 0 Å². The van der Waals surface area contributed by atoms with E-state index in [4.69, 9.17) is 5.73 Å². The van der Waals surface area contributed by atoms with Crippen molar-refractivity contribution in [2.75, 3.05) is 20.6 Å². The van der Waals surface area contributed by atoms with Gasteiger partial charge in [0.15, 0.2) is 0 Å². The van der Waals surface area contributed by atoms with Gasteiger partial charge in [-0.05, 0) is 38.7 Å². The number of likely N-dealkylation sites (N-methyl/N-ethyl adjacent to an activating group) is 1. The Kier molecular flexibility index (Phi) is 5.28. The molecule has 0 aliphatic carbocycles. The van der Waals surface area contributed by atoms with Gasteiger partial charge in [0.05, 0.1) is 4.90 Å². The van der Waals surface area contributed by atoms with Gasteiger partial charge in [-0.15, -0.1) is 0 Å². The molecule has 1 aromatic rings. The van der Waals surface area contributed by atoms with Crippen LogP contribution in [-0.4, -0.2) is 40.0 Å². The van der Waals surface area contributed by atoms with E-state index in [-0.39, 0.29) is 10.9 Å². The Labute approximate surface area is 109 Å². The van der Waals surface area contributed by atoms with E-state index in [2.05, 4.69) is 4.72 Å². The van der Waals surface area contributed by atoms with Crippen molar-refractivity contribution in [1.29, 1.82) is 0 Å². The van der Waals surface area contributed by atoms with Crippen LogP contribution in [0, 0.1) is 0 Å². The number of sulfonamides is 1. The molecule has 0 spiro atoms. The monoisotopic (exact) mass is 271 g/mol. The number of rotatable bonds is 6. The summed E-state index contributed by atoms with van der Waals surface area (Å²) in [6.45, 7) is 2.75. The van der Waals surface area contributed by atoms with Gasteiger partial charge >= 0.3 is 0 Å². The number of hydrogen-bond donors (Lipinski definition) is 2. The van der Waals surface area contributed by atoms with Gasteiger partial charge in [-0.2, -0.15) is 0 Å². The standard InChI is InChI=1S/C12H21N3O2S/c1-10(15(2)3)9-14-18(16,17)12-6-4-11(8-13)5-7-12/h4-7,10,14H,8-9,13H2,1-3H3. The van der Waals surface area contributed by atoms with Crippen LogP contribution in [0.2, 0.25) is 0 Å². The van der Waals surface area contributed by atoms with E-state index in [1.807, 2.05) is 25.9 Å². The van der Waals surface area contributed by atoms with Crippen molar-refractivity contribution in [2.45, 2.75) is 24.4 Å². The molecular formula is C12H21N3O2S. The minimum Gasteiger partial charge on any atom is -0.326 e. The molecule has 0 saturated heterocycles. The summed E-state index contributed by atoms with van der Waals surface area (Å²) < 4.78 is 26.6. The first kappa shape index (κ1) is 15.1. The Morgan fingerprint density at radius 3 is 2.28 bits per heavy atom. The molecule has 0 aromatic heterocycles. The molecule has 0 saturated carbocycles. The average molecular weight is 271 g/mol. The first-order valence-electron chi connectivity index (χ1n) is 5.82. The second kappa shape index (κ2) is 6.29. The van der Waals surface area contributed by atoms with Crippen molar-refractivity contribution in [1.82, 2.24) is 9.62 Å². The summed E-state index contributed by atoms with van der Waals surface area (Å²) in [6, 6.07) is 6.74. The van der Waals surface area contributed by atoms with Gasteiger partial charge in [0.2, 0.25) is 10.0 Å². The molecule has 0 aliphatic heterocycles. The molecular weight excluding hydrogens is 250 g/mol. The lowest BCUT2D eigenvalue weighted by molar-refractivity contribution is 0.314. The minimum atomic E-state index is -3.43. The van der Waals surface area contributed by atoms with Gasteiger partial charge in [0, 0.05) is 19.1 Å². The summed E-state index contributed by atoms with van der Waals surface area (Å²) in [5.41, 5.74) is 6.38. The van der Waals surface area contributed by atoms with Crippen molar-refractivity contribution >= 4 is 10.0 Å². The summed E-state index contributed by atoms with van der Waals surface area (Å²) in [5, 5.41) is 0. The minimum absolute atomic E-state index is 0.142. The van der Waals surface area contributed by atoms with Gasteiger partial charge in [-0.1, -0.05) is 12.1 Å². The summed E-state index contributed by atoms with van der Waals surface area (Å²) in [7, 11) is 0.392. The molecule has 6 heteroatoms. The van der Waals surface area contributed by atoms with Crippen molar-refractivity contribution in [3.8, 4) is 0 Å². The molecule has 5 nitrogen and oxygen atoms in total. The topological polar surface area (TPSA) is 75.4 Å². The summed E-state index contributed by atoms with van der Waals surface area (Å²) >= 11 is 0. The fraction of sp³-hybridized carbons (Fsp3) is 0.500. The highest BCUT2D eigenvalue weighted by Gasteiger charge is 2.15. The number of benzene rings is 1. The molecule has 18 heavy (non-hydrogen) atoms. The first-order chi connectivity index (χ1) is 8.36. The number of hydrogen-bond acceptors (Lipinski definition) is 4. The van der Waals surface area contributed by atoms with Gasteiger partial charge in [0.25, 0.3) is 0 Å². The zero-order chi connectivity index (χ0) is 13.8. The van der Waals surface area contributed by atoms with E-state index in [0.717, 1.165) is 5.56 Å². The molecule has 0 bridgehead atoms. The third-order valence-electron chi connectivity index (χ3n) is 2.92. The molecule has 0 aliphatic rings. The Balaban J connectivity index is 2.73. The Morgan fingerprint density at radius 1 is 1.28 bits per heavy atom. The van der Waals surface area contributed by atoms with Crippen LogP contribution in [0.15, 0.2) is 29.2 Å². The lowest BCUT2D eigenvalue weighted by Crippen LogP contribution is -2.38. The van der Waals surface area contributed by atoms with Crippen molar-refractivity contribution in [2.24, 2.45) is 5.73 Å². The van der Waals surface area contributed by atoms with Gasteiger partial charge in [-0.25, -0.2) is 13.1 Å². The van der Waals surface area contributed by atoms with E-state index >= 15 is 0 Å². The molecule has 0 amide bonds. The molecule has 102 valence electrons. The molecule has 0 fully saturated rings. The van der Waals surface area contributed by atoms with Crippen molar-refractivity contribution in [3.63, 3.8) is 0 Å². The highest BCUT2D eigenvalue weighted by Crippen LogP contribution is 2.10. The number of nitrogens with zero attached hydrogens (tertiary/aromatic N) is 1. The van der Waals surface area contributed by atoms with E-state index < -0.39 is 10.0 Å². The highest BCUT2D eigenvalue weighted by atomic mass is 32.2. The average Bonchev–Trinajstić information content (AvgIpc) is 2.36. The van der Waals surface area contributed by atoms with Crippen molar-refractivity contribution < 1.29 is 8.42 Å². The van der Waals surface area contributed by atoms with Crippen LogP contribution in [0.4, 0.5) is 0 Å². The fourth-order valence-corrected chi connectivity index (χ4v) is 2.42. The predicted molar refractivity (Wildman–Crippen MR) is 72.7 cm³/mol. The molecule has 1 unspecified atom stereocenters. The second-order valence-corrected chi connectivity index (χ2v) is 6.28. The second-order valence-electron chi connectivity index (χ2n) is 4.51. The first-order valence-corrected chi connectivity index (χ1v) is 7.30. The summed E-state index contributed by atoms with van der Waals surface area (Å²) in [6.07, 6.45) is 0. The Bertz CT molecular complexity index is 469. The van der Waals surface area contributed by atoms with Crippen LogP contribution in [0.25, 0.3) is 0 Å². The van der Waals surface area contributed by atoms with Crippen LogP contribution in [0.5, 0.6) is 0 Å². The molecule has 1 rings (SSSR count). The van der Waals surface area contributed by atoms with E-state index in [9.17, 15) is 8.42 Å².